The van der Waals surface area contributed by atoms with Crippen LogP contribution in [0.2, 0.25) is 0 Å². The highest BCUT2D eigenvalue weighted by Crippen LogP contribution is 2.47. The summed E-state index contributed by atoms with van der Waals surface area (Å²) in [6.07, 6.45) is 4.10. The second kappa shape index (κ2) is 4.47. The first-order chi connectivity index (χ1) is 8.68. The minimum atomic E-state index is -0.240. The number of hydrogen-bond donors (Lipinski definition) is 0. The molecule has 0 saturated carbocycles. The van der Waals surface area contributed by atoms with Crippen LogP contribution in [0.5, 0.6) is 0 Å². The van der Waals surface area contributed by atoms with Gasteiger partial charge in [0.15, 0.2) is 0 Å². The van der Waals surface area contributed by atoms with Crippen LogP contribution in [0.25, 0.3) is 0 Å². The Morgan fingerprint density at radius 1 is 1.00 bits per heavy atom. The van der Waals surface area contributed by atoms with Gasteiger partial charge >= 0.3 is 0 Å². The highest BCUT2D eigenvalue weighted by Gasteiger charge is 2.40. The zero-order valence-electron chi connectivity index (χ0n) is 12.9. The van der Waals surface area contributed by atoms with Gasteiger partial charge in [0, 0.05) is 5.41 Å². The zero-order chi connectivity index (χ0) is 14.3. The maximum absolute atomic E-state index is 11.6. The van der Waals surface area contributed by atoms with Gasteiger partial charge in [-0.25, -0.2) is 0 Å². The molecule has 0 radical (unpaired) electrons. The number of carbonyl (C=O) groups is 1. The van der Waals surface area contributed by atoms with Crippen LogP contribution >= 0.6 is 0 Å². The van der Waals surface area contributed by atoms with Gasteiger partial charge in [0.1, 0.15) is 6.29 Å². The Morgan fingerprint density at radius 3 is 2.26 bits per heavy atom. The van der Waals surface area contributed by atoms with E-state index in [-0.39, 0.29) is 16.2 Å². The fraction of sp³-hybridized carbons (Fsp3) is 0.611. The molecule has 2 rings (SSSR count). The lowest BCUT2D eigenvalue weighted by atomic mass is 9.60. The van der Waals surface area contributed by atoms with Crippen LogP contribution in [0.15, 0.2) is 24.3 Å². The molecule has 1 unspecified atom stereocenters. The average Bonchev–Trinajstić information content (AvgIpc) is 2.25. The van der Waals surface area contributed by atoms with Crippen LogP contribution < -0.4 is 0 Å². The molecule has 0 spiro atoms. The zero-order valence-corrected chi connectivity index (χ0v) is 12.9. The Balaban J connectivity index is 2.57. The molecule has 0 saturated heterocycles. The van der Waals surface area contributed by atoms with E-state index in [1.165, 1.54) is 17.4 Å². The lowest BCUT2D eigenvalue weighted by Gasteiger charge is -2.43. The van der Waals surface area contributed by atoms with Crippen molar-refractivity contribution in [2.45, 2.75) is 59.3 Å². The molecule has 0 N–H and O–H groups in total. The second-order valence-corrected chi connectivity index (χ2v) is 8.01. The van der Waals surface area contributed by atoms with Gasteiger partial charge in [0.2, 0.25) is 0 Å². The first-order valence-corrected chi connectivity index (χ1v) is 7.22. The third-order valence-electron chi connectivity index (χ3n) is 4.43. The molecule has 104 valence electrons. The third kappa shape index (κ3) is 2.91. The average molecular weight is 258 g/mol. The lowest BCUT2D eigenvalue weighted by molar-refractivity contribution is -0.117. The number of rotatable bonds is 1. The van der Waals surface area contributed by atoms with Crippen molar-refractivity contribution in [3.8, 4) is 0 Å². The summed E-state index contributed by atoms with van der Waals surface area (Å²) >= 11 is 0. The molecule has 1 aliphatic rings. The Morgan fingerprint density at radius 2 is 1.63 bits per heavy atom. The van der Waals surface area contributed by atoms with Crippen molar-refractivity contribution in [3.63, 3.8) is 0 Å². The van der Waals surface area contributed by atoms with E-state index in [4.69, 9.17) is 0 Å². The molecule has 0 amide bonds. The van der Waals surface area contributed by atoms with Crippen LogP contribution in [0.3, 0.4) is 0 Å². The predicted octanol–water partition coefficient (Wildman–Crippen LogP) is 4.53. The maximum Gasteiger partial charge on any atom is 0.126 e. The van der Waals surface area contributed by atoms with Gasteiger partial charge in [-0.15, -0.1) is 0 Å². The standard InChI is InChI=1S/C18H26O/c1-16(2)11-17(3,4)15-9-7-6-8-14(15)10-18(5,12-16)13-19/h6-9,13H,10-12H2,1-5H3. The predicted molar refractivity (Wildman–Crippen MR) is 80.4 cm³/mol. The van der Waals surface area contributed by atoms with E-state index < -0.39 is 0 Å². The molecular weight excluding hydrogens is 232 g/mol. The van der Waals surface area contributed by atoms with E-state index in [1.54, 1.807) is 0 Å². The molecule has 1 aromatic rings. The van der Waals surface area contributed by atoms with Gasteiger partial charge < -0.3 is 4.79 Å². The molecule has 0 aliphatic heterocycles. The molecule has 0 aromatic heterocycles. The molecule has 1 heteroatoms. The normalized spacial score (nSPS) is 28.9. The van der Waals surface area contributed by atoms with Crippen LogP contribution in [0.1, 0.15) is 58.6 Å². The number of carbonyl (C=O) groups excluding carboxylic acids is 1. The van der Waals surface area contributed by atoms with Crippen molar-refractivity contribution in [2.75, 3.05) is 0 Å². The van der Waals surface area contributed by atoms with Crippen molar-refractivity contribution in [3.05, 3.63) is 35.4 Å². The first kappa shape index (κ1) is 14.3. The van der Waals surface area contributed by atoms with Gasteiger partial charge in [-0.2, -0.15) is 0 Å². The Kier molecular flexibility index (Phi) is 3.36. The van der Waals surface area contributed by atoms with E-state index in [9.17, 15) is 4.79 Å². The molecule has 1 atom stereocenters. The summed E-state index contributed by atoms with van der Waals surface area (Å²) in [5.41, 5.74) is 2.88. The topological polar surface area (TPSA) is 17.1 Å². The van der Waals surface area contributed by atoms with E-state index in [1.807, 2.05) is 0 Å². The van der Waals surface area contributed by atoms with Crippen molar-refractivity contribution in [1.82, 2.24) is 0 Å². The Labute approximate surface area is 117 Å². The summed E-state index contributed by atoms with van der Waals surface area (Å²) in [6, 6.07) is 8.64. The van der Waals surface area contributed by atoms with Crippen molar-refractivity contribution in [2.24, 2.45) is 10.8 Å². The monoisotopic (exact) mass is 258 g/mol. The van der Waals surface area contributed by atoms with Crippen LogP contribution in [0.4, 0.5) is 0 Å². The Bertz CT molecular complexity index is 484. The largest absolute Gasteiger partial charge is 0.303 e. The summed E-state index contributed by atoms with van der Waals surface area (Å²) in [7, 11) is 0. The third-order valence-corrected chi connectivity index (χ3v) is 4.43. The van der Waals surface area contributed by atoms with Gasteiger partial charge in [-0.3, -0.25) is 0 Å². The van der Waals surface area contributed by atoms with Crippen molar-refractivity contribution < 1.29 is 4.79 Å². The summed E-state index contributed by atoms with van der Waals surface area (Å²) in [4.78, 5) is 11.6. The van der Waals surface area contributed by atoms with E-state index in [0.717, 1.165) is 19.3 Å². The molecule has 1 aromatic carbocycles. The fourth-order valence-corrected chi connectivity index (χ4v) is 4.36. The van der Waals surface area contributed by atoms with Crippen LogP contribution in [-0.4, -0.2) is 6.29 Å². The summed E-state index contributed by atoms with van der Waals surface area (Å²) in [5.74, 6) is 0. The first-order valence-electron chi connectivity index (χ1n) is 7.22. The molecule has 19 heavy (non-hydrogen) atoms. The van der Waals surface area contributed by atoms with Crippen molar-refractivity contribution >= 4 is 6.29 Å². The van der Waals surface area contributed by atoms with E-state index in [0.29, 0.717) is 0 Å². The molecule has 1 nitrogen and oxygen atoms in total. The molecule has 0 heterocycles. The minimum Gasteiger partial charge on any atom is -0.303 e. The highest BCUT2D eigenvalue weighted by atomic mass is 16.1. The number of benzene rings is 1. The van der Waals surface area contributed by atoms with Crippen LogP contribution in [-0.2, 0) is 16.6 Å². The van der Waals surface area contributed by atoms with Gasteiger partial charge in [0.25, 0.3) is 0 Å². The van der Waals surface area contributed by atoms with E-state index >= 15 is 0 Å². The smallest absolute Gasteiger partial charge is 0.126 e. The number of hydrogen-bond acceptors (Lipinski definition) is 1. The molecule has 1 aliphatic carbocycles. The highest BCUT2D eigenvalue weighted by molar-refractivity contribution is 5.60. The number of fused-ring (bicyclic) bond motifs is 1. The summed E-state index contributed by atoms with van der Waals surface area (Å²) in [6.45, 7) is 11.4. The van der Waals surface area contributed by atoms with Crippen molar-refractivity contribution in [1.29, 1.82) is 0 Å². The summed E-state index contributed by atoms with van der Waals surface area (Å²) in [5, 5.41) is 0. The molecular formula is C18H26O. The van der Waals surface area contributed by atoms with Crippen LogP contribution in [0, 0.1) is 10.8 Å². The van der Waals surface area contributed by atoms with E-state index in [2.05, 4.69) is 58.9 Å². The SMILES string of the molecule is CC1(C)CC(C)(C=O)Cc2ccccc2C(C)(C)C1. The molecule has 0 fully saturated rings. The second-order valence-electron chi connectivity index (χ2n) is 8.01. The fourth-order valence-electron chi connectivity index (χ4n) is 4.36. The lowest BCUT2D eigenvalue weighted by Crippen LogP contribution is -2.37. The molecule has 0 bridgehead atoms. The quantitative estimate of drug-likeness (QED) is 0.676. The maximum atomic E-state index is 11.6. The van der Waals surface area contributed by atoms with Gasteiger partial charge in [-0.05, 0) is 41.2 Å². The Hall–Kier alpha value is -1.11. The number of aldehydes is 1. The summed E-state index contributed by atoms with van der Waals surface area (Å²) < 4.78 is 0. The van der Waals surface area contributed by atoms with Gasteiger partial charge in [-0.1, -0.05) is 58.9 Å². The minimum absolute atomic E-state index is 0.171. The van der Waals surface area contributed by atoms with Gasteiger partial charge in [0.05, 0.1) is 0 Å².